The van der Waals surface area contributed by atoms with Crippen LogP contribution in [0.5, 0.6) is 11.5 Å². The Hall–Kier alpha value is -2.65. The van der Waals surface area contributed by atoms with Gasteiger partial charge in [-0.05, 0) is 37.7 Å². The second-order valence-corrected chi connectivity index (χ2v) is 9.40. The summed E-state index contributed by atoms with van der Waals surface area (Å²) in [6, 6.07) is 7.53. The van der Waals surface area contributed by atoms with Gasteiger partial charge in [0.1, 0.15) is 0 Å². The lowest BCUT2D eigenvalue weighted by Gasteiger charge is -2.34. The number of likely N-dealkylation sites (N-methyl/N-ethyl adjacent to an activating group) is 1. The number of methoxy groups -OCH3 is 2. The first kappa shape index (κ1) is 25.4. The molecule has 2 aliphatic rings. The molecule has 1 fully saturated rings. The Morgan fingerprint density at radius 3 is 2.20 bits per heavy atom. The molecule has 0 saturated carbocycles. The van der Waals surface area contributed by atoms with Gasteiger partial charge in [0, 0.05) is 55.7 Å². The van der Waals surface area contributed by atoms with Gasteiger partial charge >= 0.3 is 6.03 Å². The SMILES string of the molecule is CNC(=O)N1NC(c2ccc(N3CCN(C)CC3)cc2)c2c(Cl)c(OC)c(OC)c(Cl)c2C=C1C. The molecule has 1 saturated heterocycles. The summed E-state index contributed by atoms with van der Waals surface area (Å²) in [6.07, 6.45) is 1.83. The number of nitrogens with zero attached hydrogens (tertiary/aromatic N) is 3. The van der Waals surface area contributed by atoms with E-state index in [-0.39, 0.29) is 6.03 Å². The zero-order chi connectivity index (χ0) is 25.3. The summed E-state index contributed by atoms with van der Waals surface area (Å²) in [5, 5.41) is 4.87. The molecule has 8 nitrogen and oxygen atoms in total. The van der Waals surface area contributed by atoms with Crippen molar-refractivity contribution in [3.63, 3.8) is 0 Å². The quantitative estimate of drug-likeness (QED) is 0.624. The number of allylic oxidation sites excluding steroid dienone is 1. The van der Waals surface area contributed by atoms with E-state index >= 15 is 0 Å². The maximum Gasteiger partial charge on any atom is 0.335 e. The average Bonchev–Trinajstić information content (AvgIpc) is 3.03. The third kappa shape index (κ3) is 4.76. The fraction of sp³-hybridized carbons (Fsp3) is 0.400. The molecule has 2 amide bonds. The molecule has 1 unspecified atom stereocenters. The van der Waals surface area contributed by atoms with Crippen LogP contribution >= 0.6 is 23.2 Å². The van der Waals surface area contributed by atoms with Gasteiger partial charge in [-0.25, -0.2) is 15.2 Å². The van der Waals surface area contributed by atoms with Crippen molar-refractivity contribution in [3.05, 3.63) is 56.7 Å². The highest BCUT2D eigenvalue weighted by atomic mass is 35.5. The van der Waals surface area contributed by atoms with E-state index in [1.54, 1.807) is 7.05 Å². The van der Waals surface area contributed by atoms with Crippen molar-refractivity contribution >= 4 is 41.0 Å². The first-order valence-electron chi connectivity index (χ1n) is 11.4. The number of ether oxygens (including phenoxy) is 2. The lowest BCUT2D eigenvalue weighted by atomic mass is 9.93. The molecule has 188 valence electrons. The maximum absolute atomic E-state index is 12.7. The highest BCUT2D eigenvalue weighted by Gasteiger charge is 2.33. The number of piperazine rings is 1. The Morgan fingerprint density at radius 2 is 1.63 bits per heavy atom. The summed E-state index contributed by atoms with van der Waals surface area (Å²) in [7, 11) is 6.76. The predicted octanol–water partition coefficient (Wildman–Crippen LogP) is 4.37. The summed E-state index contributed by atoms with van der Waals surface area (Å²) in [4.78, 5) is 17.4. The van der Waals surface area contributed by atoms with Crippen molar-refractivity contribution in [1.82, 2.24) is 20.7 Å². The van der Waals surface area contributed by atoms with Crippen molar-refractivity contribution in [1.29, 1.82) is 0 Å². The summed E-state index contributed by atoms with van der Waals surface area (Å²) in [6.45, 7) is 5.84. The van der Waals surface area contributed by atoms with E-state index in [9.17, 15) is 4.79 Å². The summed E-state index contributed by atoms with van der Waals surface area (Å²) in [5.41, 5.74) is 7.44. The third-order valence-electron chi connectivity index (χ3n) is 6.54. The van der Waals surface area contributed by atoms with Crippen LogP contribution in [0.25, 0.3) is 6.08 Å². The molecule has 0 bridgehead atoms. The van der Waals surface area contributed by atoms with Crippen LogP contribution in [-0.4, -0.2) is 70.4 Å². The topological polar surface area (TPSA) is 69.3 Å². The number of hydrogen-bond donors (Lipinski definition) is 2. The van der Waals surface area contributed by atoms with Gasteiger partial charge in [0.15, 0.2) is 11.5 Å². The van der Waals surface area contributed by atoms with E-state index in [1.165, 1.54) is 19.2 Å². The van der Waals surface area contributed by atoms with Crippen LogP contribution in [0.1, 0.15) is 29.7 Å². The molecular formula is C25H31Cl2N5O3. The number of amides is 2. The molecule has 2 aliphatic heterocycles. The fourth-order valence-corrected chi connectivity index (χ4v) is 5.24. The van der Waals surface area contributed by atoms with Crippen molar-refractivity contribution in [2.75, 3.05) is 59.4 Å². The lowest BCUT2D eigenvalue weighted by molar-refractivity contribution is 0.187. The summed E-state index contributed by atoms with van der Waals surface area (Å²) >= 11 is 13.7. The number of nitrogens with one attached hydrogen (secondary N) is 2. The van der Waals surface area contributed by atoms with Gasteiger partial charge in [-0.2, -0.15) is 0 Å². The van der Waals surface area contributed by atoms with Crippen molar-refractivity contribution in [3.8, 4) is 11.5 Å². The predicted molar refractivity (Wildman–Crippen MR) is 141 cm³/mol. The lowest BCUT2D eigenvalue weighted by Crippen LogP contribution is -2.47. The fourth-order valence-electron chi connectivity index (χ4n) is 4.55. The van der Waals surface area contributed by atoms with Crippen molar-refractivity contribution in [2.24, 2.45) is 0 Å². The van der Waals surface area contributed by atoms with Gasteiger partial charge < -0.3 is 24.6 Å². The number of hydrogen-bond acceptors (Lipinski definition) is 6. The van der Waals surface area contributed by atoms with E-state index < -0.39 is 6.04 Å². The number of rotatable bonds is 4. The Bertz CT molecular complexity index is 1130. The molecule has 0 spiro atoms. The minimum absolute atomic E-state index is 0.309. The van der Waals surface area contributed by atoms with Gasteiger partial charge in [0.2, 0.25) is 0 Å². The van der Waals surface area contributed by atoms with Gasteiger partial charge in [0.25, 0.3) is 0 Å². The van der Waals surface area contributed by atoms with E-state index in [1.807, 2.05) is 13.0 Å². The monoisotopic (exact) mass is 519 g/mol. The van der Waals surface area contributed by atoms with Gasteiger partial charge in [-0.3, -0.25) is 0 Å². The number of anilines is 1. The first-order valence-corrected chi connectivity index (χ1v) is 12.2. The van der Waals surface area contributed by atoms with Gasteiger partial charge in [-0.1, -0.05) is 35.3 Å². The second kappa shape index (κ2) is 10.5. The van der Waals surface area contributed by atoms with Crippen LogP contribution in [0, 0.1) is 0 Å². The second-order valence-electron chi connectivity index (χ2n) is 8.64. The highest BCUT2D eigenvalue weighted by Crippen LogP contribution is 2.50. The minimum atomic E-state index is -0.484. The third-order valence-corrected chi connectivity index (χ3v) is 7.29. The number of urea groups is 1. The number of hydrazine groups is 1. The van der Waals surface area contributed by atoms with Crippen LogP contribution in [0.2, 0.25) is 10.0 Å². The molecule has 0 aliphatic carbocycles. The van der Waals surface area contributed by atoms with Crippen LogP contribution in [0.15, 0.2) is 30.0 Å². The zero-order valence-electron chi connectivity index (χ0n) is 20.6. The molecule has 2 aromatic rings. The molecule has 0 aromatic heterocycles. The first-order chi connectivity index (χ1) is 16.8. The molecule has 2 N–H and O–H groups in total. The molecule has 0 radical (unpaired) electrons. The number of carbonyl (C=O) groups excluding carboxylic acids is 1. The van der Waals surface area contributed by atoms with Crippen LogP contribution in [0.3, 0.4) is 0 Å². The zero-order valence-corrected chi connectivity index (χ0v) is 22.1. The molecule has 1 atom stereocenters. The van der Waals surface area contributed by atoms with Crippen molar-refractivity contribution < 1.29 is 14.3 Å². The van der Waals surface area contributed by atoms with Crippen molar-refractivity contribution in [2.45, 2.75) is 13.0 Å². The average molecular weight is 520 g/mol. The van der Waals surface area contributed by atoms with Crippen LogP contribution < -0.4 is 25.1 Å². The Labute approximate surface area is 216 Å². The smallest absolute Gasteiger partial charge is 0.335 e. The molecule has 4 rings (SSSR count). The molecule has 35 heavy (non-hydrogen) atoms. The molecule has 10 heteroatoms. The van der Waals surface area contributed by atoms with Crippen LogP contribution in [0.4, 0.5) is 10.5 Å². The molecular weight excluding hydrogens is 489 g/mol. The highest BCUT2D eigenvalue weighted by molar-refractivity contribution is 6.37. The Balaban J connectivity index is 1.83. The maximum atomic E-state index is 12.7. The van der Waals surface area contributed by atoms with Gasteiger partial charge in [-0.15, -0.1) is 0 Å². The van der Waals surface area contributed by atoms with E-state index in [4.69, 9.17) is 32.7 Å². The Morgan fingerprint density at radius 1 is 1.03 bits per heavy atom. The standard InChI is InChI=1S/C25H31Cl2N5O3/c1-15-14-18-19(21(27)24(35-5)23(34-4)20(18)26)22(29-32(15)25(33)28-2)16-6-8-17(9-7-16)31-12-10-30(3)11-13-31/h6-9,14,22,29H,10-13H2,1-5H3,(H,28,33). The largest absolute Gasteiger partial charge is 0.491 e. The van der Waals surface area contributed by atoms with E-state index in [0.717, 1.165) is 37.4 Å². The molecule has 2 aromatic carbocycles. The van der Waals surface area contributed by atoms with Gasteiger partial charge in [0.05, 0.1) is 30.3 Å². The minimum Gasteiger partial charge on any atom is -0.491 e. The number of benzene rings is 2. The number of halogens is 2. The Kier molecular flexibility index (Phi) is 7.66. The summed E-state index contributed by atoms with van der Waals surface area (Å²) < 4.78 is 11.1. The normalized spacial score (nSPS) is 18.5. The van der Waals surface area contributed by atoms with E-state index in [2.05, 4.69) is 51.9 Å². The number of fused-ring (bicyclic) bond motifs is 1. The van der Waals surface area contributed by atoms with Crippen LogP contribution in [-0.2, 0) is 0 Å². The number of carbonyl (C=O) groups is 1. The molecule has 2 heterocycles. The van der Waals surface area contributed by atoms with E-state index in [0.29, 0.717) is 38.4 Å². The summed E-state index contributed by atoms with van der Waals surface area (Å²) in [5.74, 6) is 0.692.